The van der Waals surface area contributed by atoms with Crippen LogP contribution >= 0.6 is 0 Å². The van der Waals surface area contributed by atoms with Gasteiger partial charge >= 0.3 is 5.97 Å². The molecule has 2 N–H and O–H groups in total. The van der Waals surface area contributed by atoms with Crippen LogP contribution in [0.2, 0.25) is 0 Å². The molecule has 0 aromatic rings. The molecule has 0 saturated carbocycles. The fourth-order valence-corrected chi connectivity index (χ4v) is 0.587. The summed E-state index contributed by atoms with van der Waals surface area (Å²) in [6.07, 6.45) is 0. The van der Waals surface area contributed by atoms with Crippen molar-refractivity contribution in [3.8, 4) is 0 Å². The van der Waals surface area contributed by atoms with Gasteiger partial charge in [-0.3, -0.25) is 4.84 Å². The molecule has 0 unspecified atom stereocenters. The summed E-state index contributed by atoms with van der Waals surface area (Å²) in [7, 11) is 0. The number of aliphatic hydroxyl groups is 1. The zero-order valence-electron chi connectivity index (χ0n) is 9.88. The lowest BCUT2D eigenvalue weighted by Gasteiger charge is -2.30. The van der Waals surface area contributed by atoms with Gasteiger partial charge in [-0.15, -0.1) is 0 Å². The average Bonchev–Trinajstić information content (AvgIpc) is 1.99. The van der Waals surface area contributed by atoms with E-state index in [-0.39, 0.29) is 0 Å². The molecule has 0 aromatic carbocycles. The van der Waals surface area contributed by atoms with Gasteiger partial charge < -0.3 is 9.84 Å². The Hall–Kier alpha value is -1.07. The van der Waals surface area contributed by atoms with Crippen LogP contribution in [0.1, 0.15) is 34.6 Å². The molecule has 0 spiro atoms. The predicted octanol–water partition coefficient (Wildman–Crippen LogP) is 1.66. The van der Waals surface area contributed by atoms with Crippen LogP contribution in [0.4, 0.5) is 0 Å². The van der Waals surface area contributed by atoms with Gasteiger partial charge in [-0.1, -0.05) is 0 Å². The molecule has 0 radical (unpaired) electrons. The average molecular weight is 217 g/mol. The third-order valence-electron chi connectivity index (χ3n) is 1.19. The van der Waals surface area contributed by atoms with Gasteiger partial charge in [-0.25, -0.2) is 4.79 Å². The maximum atomic E-state index is 11.0. The van der Waals surface area contributed by atoms with Crippen molar-refractivity contribution in [2.24, 2.45) is 0 Å². The Morgan fingerprint density at radius 2 is 1.73 bits per heavy atom. The van der Waals surface area contributed by atoms with Gasteiger partial charge in [0.05, 0.1) is 5.60 Å². The van der Waals surface area contributed by atoms with Crippen LogP contribution in [0.5, 0.6) is 0 Å². The molecule has 5 nitrogen and oxygen atoms in total. The second-order valence-electron chi connectivity index (χ2n) is 4.66. The van der Waals surface area contributed by atoms with E-state index in [1.807, 2.05) is 20.8 Å². The van der Waals surface area contributed by atoms with Gasteiger partial charge in [0.25, 0.3) is 0 Å². The molecule has 0 rings (SSSR count). The smallest absolute Gasteiger partial charge is 0.374 e. The van der Waals surface area contributed by atoms with E-state index in [4.69, 9.17) is 14.7 Å². The normalized spacial score (nSPS) is 12.3. The van der Waals surface area contributed by atoms with Crippen LogP contribution in [0, 0.1) is 0 Å². The molecule has 0 aliphatic heterocycles. The highest BCUT2D eigenvalue weighted by molar-refractivity contribution is 5.85. The largest absolute Gasteiger partial charge is 0.502 e. The van der Waals surface area contributed by atoms with Crippen molar-refractivity contribution in [1.82, 2.24) is 5.48 Å². The second kappa shape index (κ2) is 4.63. The van der Waals surface area contributed by atoms with Crippen LogP contribution in [0.15, 0.2) is 12.3 Å². The summed E-state index contributed by atoms with van der Waals surface area (Å²) in [4.78, 5) is 16.3. The molecule has 0 fully saturated rings. The van der Waals surface area contributed by atoms with Crippen LogP contribution in [-0.4, -0.2) is 22.4 Å². The van der Waals surface area contributed by atoms with Gasteiger partial charge in [-0.2, -0.15) is 5.48 Å². The number of hydroxylamine groups is 1. The third-order valence-corrected chi connectivity index (χ3v) is 1.19. The number of hydrogen-bond donors (Lipinski definition) is 2. The van der Waals surface area contributed by atoms with Crippen LogP contribution in [0.25, 0.3) is 0 Å². The fourth-order valence-electron chi connectivity index (χ4n) is 0.587. The first-order valence-corrected chi connectivity index (χ1v) is 4.60. The molecule has 0 aliphatic carbocycles. The summed E-state index contributed by atoms with van der Waals surface area (Å²) in [5.41, 5.74) is 1.15. The van der Waals surface area contributed by atoms with E-state index in [9.17, 15) is 4.79 Å². The monoisotopic (exact) mass is 217 g/mol. The molecular formula is C10H19NO4. The van der Waals surface area contributed by atoms with Gasteiger partial charge in [-0.05, 0) is 41.2 Å². The number of hydrogen-bond acceptors (Lipinski definition) is 5. The predicted molar refractivity (Wildman–Crippen MR) is 55.9 cm³/mol. The summed E-state index contributed by atoms with van der Waals surface area (Å²) in [6, 6.07) is 0. The van der Waals surface area contributed by atoms with E-state index < -0.39 is 23.1 Å². The molecule has 0 aromatic heterocycles. The maximum Gasteiger partial charge on any atom is 0.374 e. The Kier molecular flexibility index (Phi) is 4.30. The number of aliphatic hydroxyl groups excluding tert-OH is 1. The lowest BCUT2D eigenvalue weighted by atomic mass is 10.2. The molecule has 0 amide bonds. The van der Waals surface area contributed by atoms with Gasteiger partial charge in [0.1, 0.15) is 0 Å². The van der Waals surface area contributed by atoms with E-state index in [0.717, 1.165) is 0 Å². The van der Waals surface area contributed by atoms with Crippen LogP contribution < -0.4 is 5.48 Å². The quantitative estimate of drug-likeness (QED) is 0.246. The number of carbonyl (C=O) groups is 1. The molecule has 5 heteroatoms. The fraction of sp³-hybridized carbons (Fsp3) is 0.700. The molecule has 0 bridgehead atoms. The van der Waals surface area contributed by atoms with E-state index in [1.165, 1.54) is 0 Å². The number of esters is 1. The lowest BCUT2D eigenvalue weighted by Crippen LogP contribution is -2.47. The minimum Gasteiger partial charge on any atom is -0.502 e. The summed E-state index contributed by atoms with van der Waals surface area (Å²) < 4.78 is 4.87. The van der Waals surface area contributed by atoms with E-state index in [0.29, 0.717) is 0 Å². The van der Waals surface area contributed by atoms with E-state index in [1.54, 1.807) is 13.8 Å². The van der Waals surface area contributed by atoms with E-state index in [2.05, 4.69) is 12.1 Å². The lowest BCUT2D eigenvalue weighted by molar-refractivity contribution is -0.196. The summed E-state index contributed by atoms with van der Waals surface area (Å²) in [5, 5.41) is 8.77. The van der Waals surface area contributed by atoms with Crippen molar-refractivity contribution in [3.63, 3.8) is 0 Å². The molecule has 0 heterocycles. The summed E-state index contributed by atoms with van der Waals surface area (Å²) in [5.74, 6) is -1.52. The molecular weight excluding hydrogens is 198 g/mol. The number of nitrogens with one attached hydrogen (secondary N) is 1. The Morgan fingerprint density at radius 1 is 1.27 bits per heavy atom. The van der Waals surface area contributed by atoms with Crippen molar-refractivity contribution in [3.05, 3.63) is 12.3 Å². The molecule has 0 aliphatic rings. The first kappa shape index (κ1) is 13.9. The Labute approximate surface area is 90.0 Å². The highest BCUT2D eigenvalue weighted by Gasteiger charge is 2.26. The molecule has 15 heavy (non-hydrogen) atoms. The van der Waals surface area contributed by atoms with Crippen molar-refractivity contribution >= 4 is 5.97 Å². The minimum atomic E-state index is -1.03. The molecule has 88 valence electrons. The van der Waals surface area contributed by atoms with Crippen molar-refractivity contribution in [2.75, 3.05) is 0 Å². The highest BCUT2D eigenvalue weighted by atomic mass is 16.7. The summed E-state index contributed by atoms with van der Waals surface area (Å²) >= 11 is 0. The number of rotatable bonds is 4. The number of carbonyl (C=O) groups excluding carboxylic acids is 1. The first-order chi connectivity index (χ1) is 6.53. The third kappa shape index (κ3) is 6.93. The Bertz CT molecular complexity index is 253. The Balaban J connectivity index is 4.19. The summed E-state index contributed by atoms with van der Waals surface area (Å²) in [6.45, 7) is 11.8. The van der Waals surface area contributed by atoms with Gasteiger partial charge in [0.2, 0.25) is 0 Å². The van der Waals surface area contributed by atoms with Crippen molar-refractivity contribution < 1.29 is 19.5 Å². The zero-order valence-corrected chi connectivity index (χ0v) is 9.88. The van der Waals surface area contributed by atoms with E-state index >= 15 is 0 Å². The van der Waals surface area contributed by atoms with Crippen LogP contribution in [-0.2, 0) is 14.4 Å². The van der Waals surface area contributed by atoms with Crippen molar-refractivity contribution in [2.45, 2.75) is 45.9 Å². The Morgan fingerprint density at radius 3 is 2.07 bits per heavy atom. The zero-order chi connectivity index (χ0) is 12.3. The minimum absolute atomic E-state index is 0.403. The SMILES string of the molecule is C=C(O)C(=O)OC(C)(C)NOC(C)(C)C. The molecule has 0 saturated heterocycles. The highest BCUT2D eigenvalue weighted by Crippen LogP contribution is 2.11. The van der Waals surface area contributed by atoms with Gasteiger partial charge in [0.15, 0.2) is 11.5 Å². The second-order valence-corrected chi connectivity index (χ2v) is 4.66. The van der Waals surface area contributed by atoms with Gasteiger partial charge in [0, 0.05) is 0 Å². The van der Waals surface area contributed by atoms with Crippen molar-refractivity contribution in [1.29, 1.82) is 0 Å². The maximum absolute atomic E-state index is 11.0. The standard InChI is InChI=1S/C10H19NO4/c1-7(12)8(13)14-10(5,6)11-15-9(2,3)4/h11-12H,1H2,2-6H3. The topological polar surface area (TPSA) is 67.8 Å². The molecule has 0 atom stereocenters. The van der Waals surface area contributed by atoms with Crippen LogP contribution in [0.3, 0.4) is 0 Å². The first-order valence-electron chi connectivity index (χ1n) is 4.60. The number of ether oxygens (including phenoxy) is 1.